The van der Waals surface area contributed by atoms with E-state index in [0.717, 1.165) is 19.3 Å². The Morgan fingerprint density at radius 1 is 1.20 bits per heavy atom. The van der Waals surface area contributed by atoms with Crippen LogP contribution >= 0.6 is 0 Å². The van der Waals surface area contributed by atoms with E-state index in [1.54, 1.807) is 0 Å². The zero-order valence-electron chi connectivity index (χ0n) is 21.5. The normalized spacial score (nSPS) is 54.9. The highest BCUT2D eigenvalue weighted by atomic mass is 16.1. The highest BCUT2D eigenvalue weighted by Crippen LogP contribution is 2.67. The SMILES string of the molecule is [2H]C1=C2C([2H])([2H])C[C@H]3[C@@H]4CC[C@H]([C@H](C)CCC)[C@@]4(C)CC[C@@H]3[C@@]2(C)CC([2H])([2H])C1=O. The van der Waals surface area contributed by atoms with Gasteiger partial charge in [0.1, 0.15) is 0 Å². The van der Waals surface area contributed by atoms with E-state index in [2.05, 4.69) is 20.8 Å². The molecule has 0 aromatic heterocycles. The third-order valence-corrected chi connectivity index (χ3v) is 8.70. The molecule has 0 bridgehead atoms. The van der Waals surface area contributed by atoms with Gasteiger partial charge in [-0.3, -0.25) is 4.79 Å². The largest absolute Gasteiger partial charge is 0.295 e. The van der Waals surface area contributed by atoms with Crippen molar-refractivity contribution in [1.29, 1.82) is 0 Å². The van der Waals surface area contributed by atoms with E-state index in [1.807, 2.05) is 6.92 Å². The van der Waals surface area contributed by atoms with Crippen LogP contribution in [0.4, 0.5) is 0 Å². The minimum absolute atomic E-state index is 0.0241. The van der Waals surface area contributed by atoms with Gasteiger partial charge in [-0.05, 0) is 91.4 Å². The molecule has 0 amide bonds. The molecule has 25 heavy (non-hydrogen) atoms. The molecule has 3 fully saturated rings. The van der Waals surface area contributed by atoms with Crippen molar-refractivity contribution >= 4 is 5.78 Å². The topological polar surface area (TPSA) is 17.1 Å². The Morgan fingerprint density at radius 2 is 2.00 bits per heavy atom. The standard InChI is InChI=1S/C24H38O/c1-5-6-16(2)20-9-10-21-19-8-7-17-15-18(25)11-13-23(17,3)22(19)12-14-24(20,21)4/h15-16,19-22H,5-14H2,1-4H3/t16-,19+,20-,21+,22+,23+,24-/m1/s1/i7D2,11D2,15D. The third-order valence-electron chi connectivity index (χ3n) is 8.70. The van der Waals surface area contributed by atoms with Gasteiger partial charge >= 0.3 is 0 Å². The Morgan fingerprint density at radius 3 is 2.76 bits per heavy atom. The molecule has 0 spiro atoms. The van der Waals surface area contributed by atoms with Gasteiger partial charge in [0.05, 0.1) is 1.37 Å². The van der Waals surface area contributed by atoms with Crippen molar-refractivity contribution in [3.05, 3.63) is 11.6 Å². The molecule has 0 unspecified atom stereocenters. The second kappa shape index (κ2) is 6.24. The molecule has 0 radical (unpaired) electrons. The van der Waals surface area contributed by atoms with E-state index < -0.39 is 23.9 Å². The van der Waals surface area contributed by atoms with E-state index in [4.69, 9.17) is 6.85 Å². The van der Waals surface area contributed by atoms with Crippen LogP contribution in [-0.2, 0) is 4.79 Å². The lowest BCUT2D eigenvalue weighted by molar-refractivity contribution is -0.117. The average Bonchev–Trinajstić information content (AvgIpc) is 2.96. The summed E-state index contributed by atoms with van der Waals surface area (Å²) < 4.78 is 42.8. The van der Waals surface area contributed by atoms with E-state index in [9.17, 15) is 4.79 Å². The minimum Gasteiger partial charge on any atom is -0.295 e. The van der Waals surface area contributed by atoms with Gasteiger partial charge in [0.15, 0.2) is 5.78 Å². The molecule has 0 aliphatic heterocycles. The first-order chi connectivity index (χ1) is 13.8. The van der Waals surface area contributed by atoms with Crippen LogP contribution in [0.2, 0.25) is 0 Å². The monoisotopic (exact) mass is 347 g/mol. The molecule has 0 aromatic rings. The third kappa shape index (κ3) is 2.59. The van der Waals surface area contributed by atoms with Gasteiger partial charge in [0.25, 0.3) is 0 Å². The predicted molar refractivity (Wildman–Crippen MR) is 104 cm³/mol. The number of fused-ring (bicyclic) bond motifs is 5. The first kappa shape index (κ1) is 12.7. The van der Waals surface area contributed by atoms with Gasteiger partial charge in [-0.1, -0.05) is 46.1 Å². The number of rotatable bonds is 3. The maximum atomic E-state index is 12.5. The second-order valence-corrected chi connectivity index (χ2v) is 9.85. The van der Waals surface area contributed by atoms with Gasteiger partial charge in [-0.15, -0.1) is 0 Å². The van der Waals surface area contributed by atoms with Crippen molar-refractivity contribution in [3.8, 4) is 0 Å². The van der Waals surface area contributed by atoms with Gasteiger partial charge < -0.3 is 0 Å². The quantitative estimate of drug-likeness (QED) is 0.564. The number of carbonyl (C=O) groups is 1. The Bertz CT molecular complexity index is 774. The summed E-state index contributed by atoms with van der Waals surface area (Å²) in [7, 11) is 0. The number of carbonyl (C=O) groups excluding carboxylic acids is 1. The Kier molecular flexibility index (Phi) is 3.18. The molecule has 4 aliphatic carbocycles. The molecule has 0 saturated heterocycles. The molecule has 0 heterocycles. The maximum Gasteiger partial charge on any atom is 0.155 e. The molecular weight excluding hydrogens is 304 g/mol. The second-order valence-electron chi connectivity index (χ2n) is 9.85. The lowest BCUT2D eigenvalue weighted by atomic mass is 9.46. The van der Waals surface area contributed by atoms with Crippen molar-refractivity contribution in [2.75, 3.05) is 0 Å². The molecule has 4 rings (SSSR count). The maximum absolute atomic E-state index is 12.5. The Balaban J connectivity index is 1.75. The molecule has 0 N–H and O–H groups in total. The fourth-order valence-electron chi connectivity index (χ4n) is 7.43. The highest BCUT2D eigenvalue weighted by Gasteiger charge is 2.59. The van der Waals surface area contributed by atoms with Crippen molar-refractivity contribution < 1.29 is 11.6 Å². The van der Waals surface area contributed by atoms with Crippen LogP contribution in [0, 0.1) is 40.4 Å². The first-order valence-corrected chi connectivity index (χ1v) is 10.6. The van der Waals surface area contributed by atoms with Gasteiger partial charge in [0, 0.05) is 11.9 Å². The van der Waals surface area contributed by atoms with Crippen molar-refractivity contribution in [2.45, 2.75) is 91.8 Å². The number of hydrogen-bond donors (Lipinski definition) is 0. The van der Waals surface area contributed by atoms with Crippen LogP contribution in [0.15, 0.2) is 11.6 Å². The Hall–Kier alpha value is -0.590. The lowest BCUT2D eigenvalue weighted by Gasteiger charge is -2.58. The summed E-state index contributed by atoms with van der Waals surface area (Å²) in [6.07, 6.45) is 3.51. The molecule has 1 nitrogen and oxygen atoms in total. The van der Waals surface area contributed by atoms with Crippen LogP contribution in [-0.4, -0.2) is 5.78 Å². The smallest absolute Gasteiger partial charge is 0.155 e. The summed E-state index contributed by atoms with van der Waals surface area (Å²) in [4.78, 5) is 12.5. The highest BCUT2D eigenvalue weighted by molar-refractivity contribution is 5.91. The summed E-state index contributed by atoms with van der Waals surface area (Å²) >= 11 is 0. The van der Waals surface area contributed by atoms with Gasteiger partial charge in [0.2, 0.25) is 0 Å². The van der Waals surface area contributed by atoms with Crippen molar-refractivity contribution in [3.63, 3.8) is 0 Å². The van der Waals surface area contributed by atoms with Gasteiger partial charge in [-0.25, -0.2) is 0 Å². The summed E-state index contributed by atoms with van der Waals surface area (Å²) in [6, 6.07) is -0.383. The summed E-state index contributed by atoms with van der Waals surface area (Å²) in [5.41, 5.74) is -0.208. The molecule has 7 atom stereocenters. The average molecular weight is 348 g/mol. The molecular formula is C24H38O. The van der Waals surface area contributed by atoms with Gasteiger partial charge in [-0.2, -0.15) is 0 Å². The fourth-order valence-corrected chi connectivity index (χ4v) is 7.43. The lowest BCUT2D eigenvalue weighted by Crippen LogP contribution is -2.50. The summed E-state index contributed by atoms with van der Waals surface area (Å²) in [5, 5.41) is 0. The fraction of sp³-hybridized carbons (Fsp3) is 0.875. The van der Waals surface area contributed by atoms with Crippen molar-refractivity contribution in [2.24, 2.45) is 40.4 Å². The molecule has 4 aliphatic rings. The molecule has 3 saturated carbocycles. The molecule has 1 heteroatoms. The van der Waals surface area contributed by atoms with Crippen LogP contribution in [0.1, 0.15) is 98.7 Å². The molecule has 140 valence electrons. The number of ketones is 1. The van der Waals surface area contributed by atoms with Crippen LogP contribution < -0.4 is 0 Å². The zero-order chi connectivity index (χ0) is 22.3. The predicted octanol–water partition coefficient (Wildman–Crippen LogP) is 6.57. The van der Waals surface area contributed by atoms with Crippen molar-refractivity contribution in [1.82, 2.24) is 0 Å². The van der Waals surface area contributed by atoms with E-state index >= 15 is 0 Å². The van der Waals surface area contributed by atoms with Crippen LogP contribution in [0.25, 0.3) is 0 Å². The number of allylic oxidation sites excluding steroid dienone is 1. The van der Waals surface area contributed by atoms with Crippen LogP contribution in [0.3, 0.4) is 0 Å². The van der Waals surface area contributed by atoms with E-state index in [-0.39, 0.29) is 29.7 Å². The van der Waals surface area contributed by atoms with E-state index in [0.29, 0.717) is 29.7 Å². The minimum atomic E-state index is -2.07. The first-order valence-electron chi connectivity index (χ1n) is 13.1. The molecule has 0 aromatic carbocycles. The van der Waals surface area contributed by atoms with Crippen LogP contribution in [0.5, 0.6) is 0 Å². The van der Waals surface area contributed by atoms with E-state index in [1.165, 1.54) is 19.3 Å². The summed E-state index contributed by atoms with van der Waals surface area (Å²) in [6.45, 7) is 9.05. The number of hydrogen-bond acceptors (Lipinski definition) is 1. The Labute approximate surface area is 162 Å². The summed E-state index contributed by atoms with van der Waals surface area (Å²) in [5.74, 6) is 1.39. The zero-order valence-corrected chi connectivity index (χ0v) is 16.5.